The van der Waals surface area contributed by atoms with Crippen molar-refractivity contribution in [3.8, 4) is 0 Å². The van der Waals surface area contributed by atoms with Crippen LogP contribution in [0.15, 0.2) is 24.5 Å². The number of alkyl halides is 6. The molecule has 2 fully saturated rings. The lowest BCUT2D eigenvalue weighted by Gasteiger charge is -2.58. The zero-order chi connectivity index (χ0) is 30.2. The fourth-order valence-electron chi connectivity index (χ4n) is 3.84. The fourth-order valence-corrected chi connectivity index (χ4v) is 5.27. The first-order chi connectivity index (χ1) is 17.7. The highest BCUT2D eigenvalue weighted by molar-refractivity contribution is 7.89. The number of aliphatic carboxylic acids is 2. The number of pyridine rings is 1. The first kappa shape index (κ1) is 34.5. The number of piperidine rings is 1. The summed E-state index contributed by atoms with van der Waals surface area (Å²) in [7, 11) is -1.02. The number of aromatic nitrogens is 1. The molecule has 0 amide bonds. The van der Waals surface area contributed by atoms with E-state index in [1.165, 1.54) is 0 Å². The molecule has 0 bridgehead atoms. The third-order valence-corrected chi connectivity index (χ3v) is 8.25. The largest absolute Gasteiger partial charge is 0.490 e. The van der Waals surface area contributed by atoms with E-state index >= 15 is 0 Å². The highest BCUT2D eigenvalue weighted by Crippen LogP contribution is 2.40. The second-order valence-electron chi connectivity index (χ2n) is 9.35. The van der Waals surface area contributed by atoms with Crippen LogP contribution in [0.3, 0.4) is 0 Å². The van der Waals surface area contributed by atoms with Gasteiger partial charge in [0.25, 0.3) is 0 Å². The first-order valence-corrected chi connectivity index (χ1v) is 13.0. The van der Waals surface area contributed by atoms with Gasteiger partial charge >= 0.3 is 24.3 Å². The molecule has 2 N–H and O–H groups in total. The standard InChI is InChI=1S/C18H29N3O3S.2C2HF3O2/c1-15(2)25(22,23)21-13-18(14-21)9-16(6-8-20(18)3)11-24-12-17-5-4-7-19-10-17;2*3-2(4,5)1(6)7/h4-5,7,10,15-16H,6,8-9,11-14H2,1-3H3;2*(H,6,7). The van der Waals surface area contributed by atoms with Gasteiger partial charge in [0.05, 0.1) is 11.9 Å². The molecule has 1 aromatic rings. The molecule has 1 atom stereocenters. The number of ether oxygens (including phenoxy) is 1. The number of hydrogen-bond acceptors (Lipinski definition) is 7. The maximum Gasteiger partial charge on any atom is 0.490 e. The minimum atomic E-state index is -5.08. The van der Waals surface area contributed by atoms with E-state index < -0.39 is 34.3 Å². The number of nitrogens with zero attached hydrogens (tertiary/aromatic N) is 3. The lowest BCUT2D eigenvalue weighted by atomic mass is 9.77. The lowest BCUT2D eigenvalue weighted by Crippen LogP contribution is -2.73. The van der Waals surface area contributed by atoms with Crippen molar-refractivity contribution in [2.24, 2.45) is 5.92 Å². The maximum atomic E-state index is 12.3. The predicted octanol–water partition coefficient (Wildman–Crippen LogP) is 3.00. The number of sulfonamides is 1. The maximum absolute atomic E-state index is 12.3. The van der Waals surface area contributed by atoms with Crippen LogP contribution in [0.4, 0.5) is 26.3 Å². The Balaban J connectivity index is 0.000000449. The van der Waals surface area contributed by atoms with E-state index in [4.69, 9.17) is 24.5 Å². The number of carboxylic acids is 2. The summed E-state index contributed by atoms with van der Waals surface area (Å²) in [5.41, 5.74) is 1.07. The smallest absolute Gasteiger partial charge is 0.475 e. The van der Waals surface area contributed by atoms with Gasteiger partial charge in [-0.2, -0.15) is 30.6 Å². The van der Waals surface area contributed by atoms with Crippen LogP contribution < -0.4 is 0 Å². The zero-order valence-electron chi connectivity index (χ0n) is 21.4. The molecule has 1 unspecified atom stereocenters. The Labute approximate surface area is 221 Å². The molecule has 0 aliphatic carbocycles. The summed E-state index contributed by atoms with van der Waals surface area (Å²) >= 11 is 0. The Hall–Kier alpha value is -2.50. The molecular formula is C22H31F6N3O7S. The predicted molar refractivity (Wildman–Crippen MR) is 125 cm³/mol. The molecule has 17 heteroatoms. The quantitative estimate of drug-likeness (QED) is 0.476. The van der Waals surface area contributed by atoms with Crippen LogP contribution >= 0.6 is 0 Å². The molecule has 3 heterocycles. The summed E-state index contributed by atoms with van der Waals surface area (Å²) < 4.78 is 95.7. The molecule has 2 aliphatic rings. The molecule has 39 heavy (non-hydrogen) atoms. The van der Waals surface area contributed by atoms with E-state index in [2.05, 4.69) is 16.9 Å². The summed E-state index contributed by atoms with van der Waals surface area (Å²) in [6.45, 7) is 7.03. The number of likely N-dealkylation sites (N-methyl/N-ethyl adjacent to an activating group) is 1. The van der Waals surface area contributed by atoms with Crippen LogP contribution in [0, 0.1) is 5.92 Å². The van der Waals surface area contributed by atoms with E-state index in [0.717, 1.165) is 31.6 Å². The van der Waals surface area contributed by atoms with Crippen molar-refractivity contribution < 1.29 is 59.3 Å². The number of carboxylic acid groups (broad SMARTS) is 2. The molecule has 3 rings (SSSR count). The molecular weight excluding hydrogens is 564 g/mol. The Morgan fingerprint density at radius 2 is 1.64 bits per heavy atom. The molecule has 0 radical (unpaired) electrons. The van der Waals surface area contributed by atoms with Gasteiger partial charge in [-0.3, -0.25) is 9.88 Å². The number of carbonyl (C=O) groups is 2. The molecule has 2 aliphatic heterocycles. The monoisotopic (exact) mass is 595 g/mol. The van der Waals surface area contributed by atoms with Crippen molar-refractivity contribution in [2.75, 3.05) is 33.3 Å². The Kier molecular flexibility index (Phi) is 12.1. The van der Waals surface area contributed by atoms with Crippen molar-refractivity contribution in [2.45, 2.75) is 56.4 Å². The van der Waals surface area contributed by atoms with Gasteiger partial charge in [-0.15, -0.1) is 0 Å². The van der Waals surface area contributed by atoms with Gasteiger partial charge in [0.2, 0.25) is 10.0 Å². The van der Waals surface area contributed by atoms with Crippen molar-refractivity contribution in [1.82, 2.24) is 14.2 Å². The van der Waals surface area contributed by atoms with Gasteiger partial charge in [0.15, 0.2) is 0 Å². The Morgan fingerprint density at radius 3 is 2.05 bits per heavy atom. The average molecular weight is 596 g/mol. The summed E-state index contributed by atoms with van der Waals surface area (Å²) in [5.74, 6) is -5.03. The van der Waals surface area contributed by atoms with Crippen LogP contribution in [0.25, 0.3) is 0 Å². The van der Waals surface area contributed by atoms with Crippen molar-refractivity contribution >= 4 is 22.0 Å². The zero-order valence-corrected chi connectivity index (χ0v) is 22.2. The van der Waals surface area contributed by atoms with Crippen molar-refractivity contribution in [3.05, 3.63) is 30.1 Å². The van der Waals surface area contributed by atoms with Gasteiger partial charge < -0.3 is 14.9 Å². The van der Waals surface area contributed by atoms with E-state index in [1.807, 2.05) is 18.3 Å². The Bertz CT molecular complexity index is 1020. The summed E-state index contributed by atoms with van der Waals surface area (Å²) in [5, 5.41) is 13.9. The van der Waals surface area contributed by atoms with Crippen LogP contribution in [-0.4, -0.2) is 101 Å². The van der Waals surface area contributed by atoms with Gasteiger partial charge in [-0.25, -0.2) is 18.0 Å². The second kappa shape index (κ2) is 13.7. The fraction of sp³-hybridized carbons (Fsp3) is 0.682. The van der Waals surface area contributed by atoms with Gasteiger partial charge in [0.1, 0.15) is 0 Å². The van der Waals surface area contributed by atoms with E-state index in [1.54, 1.807) is 24.3 Å². The molecule has 10 nitrogen and oxygen atoms in total. The van der Waals surface area contributed by atoms with Gasteiger partial charge in [0, 0.05) is 37.6 Å². The minimum Gasteiger partial charge on any atom is -0.475 e. The summed E-state index contributed by atoms with van der Waals surface area (Å²) in [6.07, 6.45) is -4.47. The van der Waals surface area contributed by atoms with E-state index in [0.29, 0.717) is 25.6 Å². The average Bonchev–Trinajstić information content (AvgIpc) is 2.79. The molecule has 0 aromatic carbocycles. The first-order valence-electron chi connectivity index (χ1n) is 11.5. The van der Waals surface area contributed by atoms with Gasteiger partial charge in [-0.05, 0) is 57.8 Å². The molecule has 224 valence electrons. The summed E-state index contributed by atoms with van der Waals surface area (Å²) in [4.78, 5) is 24.2. The third kappa shape index (κ3) is 10.5. The van der Waals surface area contributed by atoms with E-state index in [9.17, 15) is 34.8 Å². The van der Waals surface area contributed by atoms with Crippen LogP contribution in [0.1, 0.15) is 32.3 Å². The highest BCUT2D eigenvalue weighted by Gasteiger charge is 2.53. The van der Waals surface area contributed by atoms with Crippen LogP contribution in [0.2, 0.25) is 0 Å². The number of likely N-dealkylation sites (tertiary alicyclic amines) is 1. The van der Waals surface area contributed by atoms with Crippen molar-refractivity contribution in [1.29, 1.82) is 0 Å². The SMILES string of the molecule is CC(C)S(=O)(=O)N1CC2(CC(COCc3cccnc3)CCN2C)C1.O=C(O)C(F)(F)F.O=C(O)C(F)(F)F. The molecule has 1 spiro atoms. The van der Waals surface area contributed by atoms with Crippen LogP contribution in [-0.2, 0) is 31.0 Å². The normalized spacial score (nSPS) is 19.8. The van der Waals surface area contributed by atoms with Gasteiger partial charge in [-0.1, -0.05) is 6.07 Å². The molecule has 2 saturated heterocycles. The lowest BCUT2D eigenvalue weighted by molar-refractivity contribution is -0.193. The summed E-state index contributed by atoms with van der Waals surface area (Å²) in [6, 6.07) is 3.94. The second-order valence-corrected chi connectivity index (χ2v) is 11.8. The number of rotatable bonds is 6. The van der Waals surface area contributed by atoms with Crippen molar-refractivity contribution in [3.63, 3.8) is 0 Å². The van der Waals surface area contributed by atoms with Crippen LogP contribution in [0.5, 0.6) is 0 Å². The molecule has 0 saturated carbocycles. The topological polar surface area (TPSA) is 137 Å². The van der Waals surface area contributed by atoms with E-state index in [-0.39, 0.29) is 10.8 Å². The molecule has 1 aromatic heterocycles. The minimum absolute atomic E-state index is 0.0114. The Morgan fingerprint density at radius 1 is 1.13 bits per heavy atom. The highest BCUT2D eigenvalue weighted by atomic mass is 32.2. The number of hydrogen-bond donors (Lipinski definition) is 2. The third-order valence-electron chi connectivity index (χ3n) is 6.08. The number of halogens is 6.